The van der Waals surface area contributed by atoms with Crippen molar-refractivity contribution in [2.75, 3.05) is 37.8 Å². The number of ether oxygens (including phenoxy) is 1. The summed E-state index contributed by atoms with van der Waals surface area (Å²) in [5.74, 6) is -0.670. The Labute approximate surface area is 149 Å². The number of benzene rings is 1. The normalized spacial score (nSPS) is 11.0. The third-order valence-electron chi connectivity index (χ3n) is 3.76. The Bertz CT molecular complexity index is 703. The molecule has 7 nitrogen and oxygen atoms in total. The first-order chi connectivity index (χ1) is 11.7. The zero-order chi connectivity index (χ0) is 19.0. The van der Waals surface area contributed by atoms with Gasteiger partial charge in [-0.15, -0.1) is 0 Å². The van der Waals surface area contributed by atoms with Crippen molar-refractivity contribution in [1.82, 2.24) is 4.90 Å². The Morgan fingerprint density at radius 1 is 1.20 bits per heavy atom. The monoisotopic (exact) mass is 370 g/mol. The Morgan fingerprint density at radius 3 is 2.44 bits per heavy atom. The molecule has 0 aliphatic rings. The first-order valence-corrected chi connectivity index (χ1v) is 9.95. The van der Waals surface area contributed by atoms with Gasteiger partial charge in [0, 0.05) is 26.6 Å². The Morgan fingerprint density at radius 2 is 1.88 bits per heavy atom. The van der Waals surface area contributed by atoms with Crippen molar-refractivity contribution in [1.29, 1.82) is 0 Å². The van der Waals surface area contributed by atoms with E-state index in [1.807, 2.05) is 6.92 Å². The van der Waals surface area contributed by atoms with Crippen LogP contribution in [0.25, 0.3) is 0 Å². The summed E-state index contributed by atoms with van der Waals surface area (Å²) < 4.78 is 30.0. The molecule has 1 amide bonds. The van der Waals surface area contributed by atoms with Gasteiger partial charge in [-0.25, -0.2) is 13.2 Å². The van der Waals surface area contributed by atoms with E-state index >= 15 is 0 Å². The standard InChI is InChI=1S/C17H26N2O5S/c1-5-6-11-18(2)16(20)10-12-19(25(4,22)23)15-9-7-8-14(13-15)17(21)24-3/h7-9,13H,5-6,10-12H2,1-4H3. The van der Waals surface area contributed by atoms with Gasteiger partial charge in [0.05, 0.1) is 24.6 Å². The zero-order valence-corrected chi connectivity index (χ0v) is 16.0. The van der Waals surface area contributed by atoms with Gasteiger partial charge in [-0.3, -0.25) is 9.10 Å². The van der Waals surface area contributed by atoms with Crippen LogP contribution < -0.4 is 4.31 Å². The summed E-state index contributed by atoms with van der Waals surface area (Å²) in [6, 6.07) is 6.14. The number of anilines is 1. The summed E-state index contributed by atoms with van der Waals surface area (Å²) in [5.41, 5.74) is 0.578. The van der Waals surface area contributed by atoms with E-state index < -0.39 is 16.0 Å². The van der Waals surface area contributed by atoms with Crippen molar-refractivity contribution in [2.45, 2.75) is 26.2 Å². The number of esters is 1. The van der Waals surface area contributed by atoms with Crippen molar-refractivity contribution >= 4 is 27.6 Å². The first-order valence-electron chi connectivity index (χ1n) is 8.10. The zero-order valence-electron chi connectivity index (χ0n) is 15.2. The first kappa shape index (κ1) is 21.0. The smallest absolute Gasteiger partial charge is 0.337 e. The van der Waals surface area contributed by atoms with Gasteiger partial charge in [0.25, 0.3) is 0 Å². The van der Waals surface area contributed by atoms with E-state index in [-0.39, 0.29) is 24.4 Å². The van der Waals surface area contributed by atoms with Crippen LogP contribution in [0, 0.1) is 0 Å². The summed E-state index contributed by atoms with van der Waals surface area (Å²) >= 11 is 0. The lowest BCUT2D eigenvalue weighted by atomic mass is 10.2. The fourth-order valence-electron chi connectivity index (χ4n) is 2.30. The second kappa shape index (κ2) is 9.41. The van der Waals surface area contributed by atoms with E-state index in [0.29, 0.717) is 12.2 Å². The van der Waals surface area contributed by atoms with Crippen molar-refractivity contribution < 1.29 is 22.7 Å². The molecule has 0 unspecified atom stereocenters. The maximum absolute atomic E-state index is 12.2. The number of carbonyl (C=O) groups excluding carboxylic acids is 2. The van der Waals surface area contributed by atoms with Crippen LogP contribution in [-0.4, -0.2) is 58.7 Å². The fraction of sp³-hybridized carbons (Fsp3) is 0.529. The molecule has 140 valence electrons. The van der Waals surface area contributed by atoms with Gasteiger partial charge in [-0.2, -0.15) is 0 Å². The molecular formula is C17H26N2O5S. The number of amides is 1. The number of sulfonamides is 1. The lowest BCUT2D eigenvalue weighted by Crippen LogP contribution is -2.35. The van der Waals surface area contributed by atoms with Crippen LogP contribution in [0.1, 0.15) is 36.5 Å². The molecule has 0 radical (unpaired) electrons. The maximum Gasteiger partial charge on any atom is 0.337 e. The molecule has 0 atom stereocenters. The SMILES string of the molecule is CCCCN(C)C(=O)CCN(c1cccc(C(=O)OC)c1)S(C)(=O)=O. The molecule has 0 heterocycles. The average molecular weight is 370 g/mol. The Hall–Kier alpha value is -2.09. The number of rotatable bonds is 9. The number of hydrogen-bond acceptors (Lipinski definition) is 5. The van der Waals surface area contributed by atoms with Crippen LogP contribution >= 0.6 is 0 Å². The van der Waals surface area contributed by atoms with E-state index in [1.54, 1.807) is 30.1 Å². The lowest BCUT2D eigenvalue weighted by molar-refractivity contribution is -0.129. The summed E-state index contributed by atoms with van der Waals surface area (Å²) in [5, 5.41) is 0. The quantitative estimate of drug-likeness (QED) is 0.620. The third kappa shape index (κ3) is 6.38. The molecule has 0 bridgehead atoms. The molecule has 0 aromatic heterocycles. The van der Waals surface area contributed by atoms with Crippen LogP contribution in [0.15, 0.2) is 24.3 Å². The fourth-order valence-corrected chi connectivity index (χ4v) is 3.22. The van der Waals surface area contributed by atoms with Crippen LogP contribution in [0.5, 0.6) is 0 Å². The number of unbranched alkanes of at least 4 members (excludes halogenated alkanes) is 1. The van der Waals surface area contributed by atoms with Gasteiger partial charge in [0.1, 0.15) is 0 Å². The predicted octanol–water partition coefficient (Wildman–Crippen LogP) is 1.89. The van der Waals surface area contributed by atoms with Gasteiger partial charge in [-0.1, -0.05) is 19.4 Å². The molecule has 0 saturated heterocycles. The number of methoxy groups -OCH3 is 1. The molecule has 1 aromatic carbocycles. The second-order valence-corrected chi connectivity index (χ2v) is 7.70. The van der Waals surface area contributed by atoms with Crippen molar-refractivity contribution in [3.63, 3.8) is 0 Å². The maximum atomic E-state index is 12.2. The molecule has 8 heteroatoms. The molecule has 0 aliphatic carbocycles. The minimum atomic E-state index is -3.59. The van der Waals surface area contributed by atoms with E-state index in [0.717, 1.165) is 23.4 Å². The van der Waals surface area contributed by atoms with E-state index in [1.165, 1.54) is 13.2 Å². The van der Waals surface area contributed by atoms with Crippen molar-refractivity contribution in [2.24, 2.45) is 0 Å². The summed E-state index contributed by atoms with van der Waals surface area (Å²) in [6.07, 6.45) is 3.02. The summed E-state index contributed by atoms with van der Waals surface area (Å²) in [4.78, 5) is 25.4. The molecule has 1 aromatic rings. The van der Waals surface area contributed by atoms with E-state index in [2.05, 4.69) is 4.74 Å². The third-order valence-corrected chi connectivity index (χ3v) is 4.95. The molecule has 25 heavy (non-hydrogen) atoms. The van der Waals surface area contributed by atoms with Gasteiger partial charge in [0.15, 0.2) is 0 Å². The van der Waals surface area contributed by atoms with Gasteiger partial charge in [-0.05, 0) is 24.6 Å². The minimum Gasteiger partial charge on any atom is -0.465 e. The molecule has 0 aliphatic heterocycles. The molecule has 0 N–H and O–H groups in total. The van der Waals surface area contributed by atoms with Gasteiger partial charge >= 0.3 is 5.97 Å². The summed E-state index contributed by atoms with van der Waals surface area (Å²) in [6.45, 7) is 2.70. The van der Waals surface area contributed by atoms with Gasteiger partial charge < -0.3 is 9.64 Å². The molecular weight excluding hydrogens is 344 g/mol. The highest BCUT2D eigenvalue weighted by Crippen LogP contribution is 2.20. The molecule has 0 fully saturated rings. The van der Waals surface area contributed by atoms with Crippen molar-refractivity contribution in [3.8, 4) is 0 Å². The molecule has 1 rings (SSSR count). The van der Waals surface area contributed by atoms with Crippen molar-refractivity contribution in [3.05, 3.63) is 29.8 Å². The number of hydrogen-bond donors (Lipinski definition) is 0. The van der Waals surface area contributed by atoms with Crippen LogP contribution in [0.4, 0.5) is 5.69 Å². The topological polar surface area (TPSA) is 84.0 Å². The predicted molar refractivity (Wildman–Crippen MR) is 97.1 cm³/mol. The number of nitrogens with zero attached hydrogens (tertiary/aromatic N) is 2. The second-order valence-electron chi connectivity index (χ2n) is 5.80. The molecule has 0 spiro atoms. The molecule has 0 saturated carbocycles. The highest BCUT2D eigenvalue weighted by atomic mass is 32.2. The number of carbonyl (C=O) groups is 2. The lowest BCUT2D eigenvalue weighted by Gasteiger charge is -2.24. The van der Waals surface area contributed by atoms with Crippen LogP contribution in [-0.2, 0) is 19.6 Å². The largest absolute Gasteiger partial charge is 0.465 e. The Kier molecular flexibility index (Phi) is 7.89. The van der Waals surface area contributed by atoms with E-state index in [4.69, 9.17) is 0 Å². The highest BCUT2D eigenvalue weighted by molar-refractivity contribution is 7.92. The van der Waals surface area contributed by atoms with Crippen LogP contribution in [0.2, 0.25) is 0 Å². The van der Waals surface area contributed by atoms with Gasteiger partial charge in [0.2, 0.25) is 15.9 Å². The Balaban J connectivity index is 2.93. The summed E-state index contributed by atoms with van der Waals surface area (Å²) in [7, 11) is -0.628. The minimum absolute atomic E-state index is 0.0127. The average Bonchev–Trinajstić information content (AvgIpc) is 2.57. The van der Waals surface area contributed by atoms with E-state index in [9.17, 15) is 18.0 Å². The highest BCUT2D eigenvalue weighted by Gasteiger charge is 2.21. The van der Waals surface area contributed by atoms with Crippen LogP contribution in [0.3, 0.4) is 0 Å².